The first-order valence-corrected chi connectivity index (χ1v) is 2.38. The van der Waals surface area contributed by atoms with Crippen LogP contribution in [0.2, 0.25) is 0 Å². The van der Waals surface area contributed by atoms with Crippen molar-refractivity contribution in [1.82, 2.24) is 0 Å². The summed E-state index contributed by atoms with van der Waals surface area (Å²) < 4.78 is 0.109. The van der Waals surface area contributed by atoms with Gasteiger partial charge in [-0.05, 0) is 0 Å². The Bertz CT molecular complexity index is 59.8. The van der Waals surface area contributed by atoms with E-state index in [2.05, 4.69) is 6.58 Å². The number of hydrogen-bond donors (Lipinski definition) is 0. The molecule has 0 aliphatic heterocycles. The van der Waals surface area contributed by atoms with Gasteiger partial charge in [0.05, 0.1) is 0 Å². The van der Waals surface area contributed by atoms with E-state index in [1.807, 2.05) is 0 Å². The predicted molar refractivity (Wildman–Crippen MR) is 15.2 cm³/mol. The van der Waals surface area contributed by atoms with Crippen molar-refractivity contribution in [1.29, 1.82) is 0 Å². The quantitative estimate of drug-likeness (QED) is 0.597. The molecule has 0 aromatic heterocycles. The van der Waals surface area contributed by atoms with Gasteiger partial charge in [0, 0.05) is 26.2 Å². The van der Waals surface area contributed by atoms with Gasteiger partial charge in [-0.3, -0.25) is 0 Å². The molecule has 0 N–H and O–H groups in total. The van der Waals surface area contributed by atoms with Crippen molar-refractivity contribution in [2.24, 2.45) is 0 Å². The van der Waals surface area contributed by atoms with Gasteiger partial charge in [-0.1, -0.05) is 0 Å². The molecule has 0 aliphatic carbocycles. The largest absolute Gasteiger partial charge is 0 e. The molecule has 0 saturated carbocycles. The molecular weight excluding hydrogens is 234 g/mol. The molecule has 29 valence electrons. The molecule has 0 radical (unpaired) electrons. The summed E-state index contributed by atoms with van der Waals surface area (Å²) in [5.74, 6) is 0. The summed E-state index contributed by atoms with van der Waals surface area (Å²) in [5, 5.41) is 0. The molecule has 0 rings (SSSR count). The summed E-state index contributed by atoms with van der Waals surface area (Å²) >= 11 is 0.913. The monoisotopic (exact) mass is 235 g/mol. The Morgan fingerprint density at radius 1 is 1.83 bits per heavy atom. The molecule has 6 heavy (non-hydrogen) atoms. The first kappa shape index (κ1) is 10.2. The molecule has 0 unspecified atom stereocenters. The smallest absolute Gasteiger partial charge is 0 e. The molecule has 0 fully saturated rings. The Morgan fingerprint density at radius 3 is 2.00 bits per heavy atom. The number of hydrogen-bond acceptors (Lipinski definition) is 1. The van der Waals surface area contributed by atoms with Crippen molar-refractivity contribution in [3.05, 3.63) is 12.7 Å². The van der Waals surface area contributed by atoms with Gasteiger partial charge in [-0.2, -0.15) is 0 Å². The summed E-state index contributed by atoms with van der Waals surface area (Å²) in [5.41, 5.74) is 0. The van der Waals surface area contributed by atoms with Crippen molar-refractivity contribution >= 4 is 3.49 Å². The van der Waals surface area contributed by atoms with Crippen LogP contribution in [-0.4, -0.2) is 3.49 Å². The third kappa shape index (κ3) is 8.95. The molecule has 0 saturated heterocycles. The summed E-state index contributed by atoms with van der Waals surface area (Å²) in [6.45, 7) is 3.23. The van der Waals surface area contributed by atoms with Crippen molar-refractivity contribution in [2.45, 2.75) is 0 Å². The molecule has 0 bridgehead atoms. The fraction of sp³-hybridized carbons (Fsp3) is 0. The van der Waals surface area contributed by atoms with Crippen molar-refractivity contribution < 1.29 is 55.7 Å². The van der Waals surface area contributed by atoms with E-state index >= 15 is 0 Å². The maximum absolute atomic E-state index is 9.73. The molecular formula is C3H3OZr2. The van der Waals surface area contributed by atoms with Crippen molar-refractivity contribution in [3.63, 3.8) is 0 Å². The fourth-order valence-corrected chi connectivity index (χ4v) is 0. The Labute approximate surface area is 71.2 Å². The van der Waals surface area contributed by atoms with Gasteiger partial charge in [0.15, 0.2) is 0 Å². The van der Waals surface area contributed by atoms with Gasteiger partial charge in [0.25, 0.3) is 0 Å². The van der Waals surface area contributed by atoms with E-state index < -0.39 is 0 Å². The van der Waals surface area contributed by atoms with E-state index in [9.17, 15) is 4.79 Å². The molecule has 0 aromatic rings. The van der Waals surface area contributed by atoms with E-state index in [1.54, 1.807) is 0 Å². The Kier molecular flexibility index (Phi) is 10.5. The van der Waals surface area contributed by atoms with Gasteiger partial charge >= 0.3 is 45.7 Å². The summed E-state index contributed by atoms with van der Waals surface area (Å²) in [4.78, 5) is 9.73. The third-order valence-corrected chi connectivity index (χ3v) is 0.687. The maximum Gasteiger partial charge on any atom is 0 e. The third-order valence-electron chi connectivity index (χ3n) is 0.185. The maximum atomic E-state index is 9.73. The van der Waals surface area contributed by atoms with E-state index in [0.29, 0.717) is 0 Å². The van der Waals surface area contributed by atoms with Gasteiger partial charge in [-0.25, -0.2) is 0 Å². The van der Waals surface area contributed by atoms with Gasteiger partial charge in [-0.15, -0.1) is 0 Å². The molecule has 0 amide bonds. The van der Waals surface area contributed by atoms with Crippen molar-refractivity contribution in [3.8, 4) is 0 Å². The van der Waals surface area contributed by atoms with Crippen LogP contribution in [0.3, 0.4) is 0 Å². The second-order valence-corrected chi connectivity index (χ2v) is 1.78. The van der Waals surface area contributed by atoms with Gasteiger partial charge in [0.2, 0.25) is 0 Å². The average Bonchev–Trinajstić information content (AvgIpc) is 1.38. The summed E-state index contributed by atoms with van der Waals surface area (Å²) in [7, 11) is 0. The van der Waals surface area contributed by atoms with Crippen LogP contribution in [0, 0.1) is 0 Å². The second kappa shape index (κ2) is 6.18. The topological polar surface area (TPSA) is 17.1 Å². The minimum Gasteiger partial charge on any atom is 0 e. The molecule has 0 heterocycles. The minimum atomic E-state index is 0. The zero-order valence-electron chi connectivity index (χ0n) is 3.19. The fourth-order valence-electron chi connectivity index (χ4n) is 0. The van der Waals surface area contributed by atoms with Crippen LogP contribution in [0.15, 0.2) is 12.7 Å². The van der Waals surface area contributed by atoms with Crippen LogP contribution in [0.25, 0.3) is 0 Å². The van der Waals surface area contributed by atoms with E-state index in [-0.39, 0.29) is 29.7 Å². The minimum absolute atomic E-state index is 0. The number of carbonyl (C=O) groups excluding carboxylic acids is 1. The Balaban J connectivity index is 0. The summed E-state index contributed by atoms with van der Waals surface area (Å²) in [6, 6.07) is 0. The van der Waals surface area contributed by atoms with Crippen LogP contribution in [0.1, 0.15) is 0 Å². The molecule has 3 heteroatoms. The first-order chi connectivity index (χ1) is 2.27. The predicted octanol–water partition coefficient (Wildman–Crippen LogP) is 0.243. The van der Waals surface area contributed by atoms with Gasteiger partial charge < -0.3 is 0 Å². The van der Waals surface area contributed by atoms with E-state index in [0.717, 1.165) is 24.7 Å². The molecule has 0 aliphatic rings. The zero-order chi connectivity index (χ0) is 4.28. The summed E-state index contributed by atoms with van der Waals surface area (Å²) in [6.07, 6.45) is 1.32. The number of allylic oxidation sites excluding steroid dienone is 1. The van der Waals surface area contributed by atoms with Crippen LogP contribution in [0.4, 0.5) is 0 Å². The average molecular weight is 238 g/mol. The first-order valence-electron chi connectivity index (χ1n) is 1.15. The van der Waals surface area contributed by atoms with Crippen LogP contribution in [0.5, 0.6) is 0 Å². The van der Waals surface area contributed by atoms with Gasteiger partial charge in [0.1, 0.15) is 0 Å². The van der Waals surface area contributed by atoms with E-state index in [1.165, 1.54) is 6.08 Å². The Hall–Kier alpha value is 1.18. The molecule has 0 spiro atoms. The number of carbonyl (C=O) groups is 1. The molecule has 1 nitrogen and oxygen atoms in total. The van der Waals surface area contributed by atoms with Crippen LogP contribution < -0.4 is 0 Å². The SMILES string of the molecule is C=C[C](=O)[Zr].[Zr]. The van der Waals surface area contributed by atoms with E-state index in [4.69, 9.17) is 0 Å². The standard InChI is InChI=1S/C3H3O.2Zr/c1-2-3-4;;/h2H,1H2;;. The number of rotatable bonds is 1. The normalized spacial score (nSPS) is 5.17. The molecule has 0 atom stereocenters. The zero-order valence-corrected chi connectivity index (χ0v) is 8.11. The Morgan fingerprint density at radius 2 is 2.00 bits per heavy atom. The second-order valence-electron chi connectivity index (χ2n) is 0.568. The molecule has 0 aromatic carbocycles. The van der Waals surface area contributed by atoms with Crippen molar-refractivity contribution in [2.75, 3.05) is 0 Å². The van der Waals surface area contributed by atoms with Crippen LogP contribution in [-0.2, 0) is 55.7 Å². The van der Waals surface area contributed by atoms with Crippen LogP contribution >= 0.6 is 0 Å².